The number of hydrogen-bond acceptors (Lipinski definition) is 4. The largest absolute Gasteiger partial charge is 0.495 e. The predicted molar refractivity (Wildman–Crippen MR) is 74.5 cm³/mol. The molecule has 0 radical (unpaired) electrons. The van der Waals surface area contributed by atoms with E-state index >= 15 is 0 Å². The number of hydrogen-bond donors (Lipinski definition) is 2. The summed E-state index contributed by atoms with van der Waals surface area (Å²) in [5.41, 5.74) is 1.98. The summed E-state index contributed by atoms with van der Waals surface area (Å²) in [6.45, 7) is 2.89. The Kier molecular flexibility index (Phi) is 4.14. The molecule has 1 aliphatic rings. The lowest BCUT2D eigenvalue weighted by Gasteiger charge is -2.26. The fourth-order valence-corrected chi connectivity index (χ4v) is 3.18. The third-order valence-corrected chi connectivity index (χ3v) is 4.49. The molecule has 1 heterocycles. The Morgan fingerprint density at radius 2 is 2.28 bits per heavy atom. The lowest BCUT2D eigenvalue weighted by atomic mass is 10.2. The highest BCUT2D eigenvalue weighted by molar-refractivity contribution is 8.01. The van der Waals surface area contributed by atoms with Crippen LogP contribution in [0.4, 0.5) is 5.69 Å². The maximum Gasteiger partial charge on any atom is 0.238 e. The standard InChI is InChI=1S/C13H18N2O2S/c1-8-4-5-9(17-3)11-12(8)18-10(6-7-14-2)13(16)15-11/h4-5,10,14H,6-7H2,1-3H3,(H,15,16). The van der Waals surface area contributed by atoms with Gasteiger partial charge in [0.05, 0.1) is 18.0 Å². The molecule has 98 valence electrons. The van der Waals surface area contributed by atoms with Gasteiger partial charge in [0.25, 0.3) is 0 Å². The van der Waals surface area contributed by atoms with Crippen LogP contribution in [0.3, 0.4) is 0 Å². The number of fused-ring (bicyclic) bond motifs is 1. The molecule has 0 spiro atoms. The summed E-state index contributed by atoms with van der Waals surface area (Å²) in [5, 5.41) is 6.01. The third-order valence-electron chi connectivity index (χ3n) is 2.99. The first-order chi connectivity index (χ1) is 8.67. The first kappa shape index (κ1) is 13.2. The van der Waals surface area contributed by atoms with Crippen molar-refractivity contribution in [1.29, 1.82) is 0 Å². The van der Waals surface area contributed by atoms with Gasteiger partial charge in [0.1, 0.15) is 5.75 Å². The number of ether oxygens (including phenoxy) is 1. The van der Waals surface area contributed by atoms with Crippen molar-refractivity contribution in [3.8, 4) is 5.75 Å². The zero-order valence-electron chi connectivity index (χ0n) is 10.9. The van der Waals surface area contributed by atoms with Crippen LogP contribution in [0, 0.1) is 6.92 Å². The van der Waals surface area contributed by atoms with Crippen LogP contribution < -0.4 is 15.4 Å². The average Bonchev–Trinajstić information content (AvgIpc) is 2.37. The van der Waals surface area contributed by atoms with E-state index in [-0.39, 0.29) is 11.2 Å². The van der Waals surface area contributed by atoms with Crippen molar-refractivity contribution in [2.24, 2.45) is 0 Å². The molecule has 5 heteroatoms. The Morgan fingerprint density at radius 3 is 2.94 bits per heavy atom. The number of benzene rings is 1. The minimum Gasteiger partial charge on any atom is -0.495 e. The van der Waals surface area contributed by atoms with Gasteiger partial charge in [-0.2, -0.15) is 0 Å². The summed E-state index contributed by atoms with van der Waals surface area (Å²) in [5.74, 6) is 0.787. The number of carbonyl (C=O) groups excluding carboxylic acids is 1. The van der Waals surface area contributed by atoms with Crippen molar-refractivity contribution < 1.29 is 9.53 Å². The van der Waals surface area contributed by atoms with Gasteiger partial charge in [-0.05, 0) is 38.6 Å². The molecule has 1 aromatic rings. The third kappa shape index (κ3) is 2.47. The Balaban J connectivity index is 2.30. The van der Waals surface area contributed by atoms with Gasteiger partial charge in [-0.3, -0.25) is 4.79 Å². The summed E-state index contributed by atoms with van der Waals surface area (Å²) in [6, 6.07) is 3.92. The Morgan fingerprint density at radius 1 is 1.50 bits per heavy atom. The molecule has 1 atom stereocenters. The number of anilines is 1. The van der Waals surface area contributed by atoms with Gasteiger partial charge in [0.2, 0.25) is 5.91 Å². The molecule has 1 amide bonds. The SMILES string of the molecule is CNCCC1Sc2c(C)ccc(OC)c2NC1=O. The smallest absolute Gasteiger partial charge is 0.238 e. The Labute approximate surface area is 111 Å². The van der Waals surface area contributed by atoms with Crippen molar-refractivity contribution in [2.45, 2.75) is 23.5 Å². The van der Waals surface area contributed by atoms with Crippen molar-refractivity contribution >= 4 is 23.4 Å². The summed E-state index contributed by atoms with van der Waals surface area (Å²) < 4.78 is 5.29. The first-order valence-corrected chi connectivity index (χ1v) is 6.85. The lowest BCUT2D eigenvalue weighted by Crippen LogP contribution is -2.31. The van der Waals surface area contributed by atoms with Gasteiger partial charge in [0, 0.05) is 4.90 Å². The van der Waals surface area contributed by atoms with Crippen molar-refractivity contribution in [2.75, 3.05) is 26.0 Å². The highest BCUT2D eigenvalue weighted by Gasteiger charge is 2.29. The fraction of sp³-hybridized carbons (Fsp3) is 0.462. The van der Waals surface area contributed by atoms with Crippen LogP contribution >= 0.6 is 11.8 Å². The molecule has 2 N–H and O–H groups in total. The van der Waals surface area contributed by atoms with E-state index in [9.17, 15) is 4.79 Å². The number of rotatable bonds is 4. The number of nitrogens with one attached hydrogen (secondary N) is 2. The molecule has 0 bridgehead atoms. The minimum atomic E-state index is -0.0317. The van der Waals surface area contributed by atoms with Crippen LogP contribution in [0.25, 0.3) is 0 Å². The highest BCUT2D eigenvalue weighted by Crippen LogP contribution is 2.43. The van der Waals surface area contributed by atoms with Crippen molar-refractivity contribution in [3.63, 3.8) is 0 Å². The van der Waals surface area contributed by atoms with Gasteiger partial charge in [0.15, 0.2) is 0 Å². The van der Waals surface area contributed by atoms with Gasteiger partial charge in [-0.25, -0.2) is 0 Å². The van der Waals surface area contributed by atoms with E-state index < -0.39 is 0 Å². The summed E-state index contributed by atoms with van der Waals surface area (Å²) in [6.07, 6.45) is 0.823. The number of amides is 1. The van der Waals surface area contributed by atoms with Crippen LogP contribution in [0.5, 0.6) is 5.75 Å². The number of carbonyl (C=O) groups is 1. The van der Waals surface area contributed by atoms with Gasteiger partial charge in [-0.15, -0.1) is 11.8 Å². The second kappa shape index (κ2) is 5.63. The van der Waals surface area contributed by atoms with Gasteiger partial charge in [-0.1, -0.05) is 6.07 Å². The molecule has 0 aliphatic carbocycles. The molecule has 0 aromatic heterocycles. The minimum absolute atomic E-state index is 0.0317. The molecule has 1 aliphatic heterocycles. The maximum absolute atomic E-state index is 12.0. The predicted octanol–water partition coefficient (Wildman–Crippen LogP) is 2.03. The number of methoxy groups -OCH3 is 1. The van der Waals surface area contributed by atoms with Gasteiger partial charge >= 0.3 is 0 Å². The second-order valence-corrected chi connectivity index (χ2v) is 5.49. The van der Waals surface area contributed by atoms with E-state index in [1.165, 1.54) is 5.56 Å². The lowest BCUT2D eigenvalue weighted by molar-refractivity contribution is -0.115. The molecule has 2 rings (SSSR count). The molecule has 4 nitrogen and oxygen atoms in total. The van der Waals surface area contributed by atoms with Crippen LogP contribution in [0.15, 0.2) is 17.0 Å². The average molecular weight is 266 g/mol. The van der Waals surface area contributed by atoms with Crippen LogP contribution in [-0.2, 0) is 4.79 Å². The quantitative estimate of drug-likeness (QED) is 0.875. The van der Waals surface area contributed by atoms with E-state index in [1.807, 2.05) is 19.2 Å². The Hall–Kier alpha value is -1.20. The number of aryl methyl sites for hydroxylation is 1. The van der Waals surface area contributed by atoms with Crippen molar-refractivity contribution in [3.05, 3.63) is 17.7 Å². The van der Waals surface area contributed by atoms with Crippen LogP contribution in [-0.4, -0.2) is 31.9 Å². The molecule has 0 fully saturated rings. The molecule has 1 aromatic carbocycles. The summed E-state index contributed by atoms with van der Waals surface area (Å²) in [4.78, 5) is 13.1. The van der Waals surface area contributed by atoms with Crippen molar-refractivity contribution in [1.82, 2.24) is 5.32 Å². The fourth-order valence-electron chi connectivity index (χ4n) is 1.97. The molecule has 18 heavy (non-hydrogen) atoms. The molecular weight excluding hydrogens is 248 g/mol. The summed E-state index contributed by atoms with van der Waals surface area (Å²) in [7, 11) is 3.52. The molecular formula is C13H18N2O2S. The highest BCUT2D eigenvalue weighted by atomic mass is 32.2. The first-order valence-electron chi connectivity index (χ1n) is 5.97. The Bertz CT molecular complexity index is 463. The van der Waals surface area contributed by atoms with E-state index in [2.05, 4.69) is 17.6 Å². The van der Waals surface area contributed by atoms with E-state index in [0.29, 0.717) is 0 Å². The summed E-state index contributed by atoms with van der Waals surface area (Å²) >= 11 is 1.63. The second-order valence-electron chi connectivity index (χ2n) is 4.28. The van der Waals surface area contributed by atoms with Crippen LogP contribution in [0.2, 0.25) is 0 Å². The maximum atomic E-state index is 12.0. The topological polar surface area (TPSA) is 50.4 Å². The van der Waals surface area contributed by atoms with E-state index in [1.54, 1.807) is 18.9 Å². The monoisotopic (exact) mass is 266 g/mol. The van der Waals surface area contributed by atoms with E-state index in [4.69, 9.17) is 4.74 Å². The molecule has 1 unspecified atom stereocenters. The number of thioether (sulfide) groups is 1. The normalized spacial score (nSPS) is 18.2. The zero-order chi connectivity index (χ0) is 13.1. The van der Waals surface area contributed by atoms with Crippen LogP contribution in [0.1, 0.15) is 12.0 Å². The molecule has 0 saturated heterocycles. The van der Waals surface area contributed by atoms with Gasteiger partial charge < -0.3 is 15.4 Å². The zero-order valence-corrected chi connectivity index (χ0v) is 11.7. The van der Waals surface area contributed by atoms with E-state index in [0.717, 1.165) is 29.3 Å². The molecule has 0 saturated carbocycles.